The quantitative estimate of drug-likeness (QED) is 0.642. The largest absolute Gasteiger partial charge is 0.870 e. The Balaban J connectivity index is -0.000000107. The summed E-state index contributed by atoms with van der Waals surface area (Å²) < 4.78 is 0. The normalized spacial score (nSPS) is 7.73. The molecule has 22 heavy (non-hydrogen) atoms. The van der Waals surface area contributed by atoms with Gasteiger partial charge in [0.2, 0.25) is 0 Å². The molecule has 0 saturated carbocycles. The maximum Gasteiger partial charge on any atom is 0.170 e. The second kappa shape index (κ2) is 28.6. The van der Waals surface area contributed by atoms with E-state index >= 15 is 0 Å². The van der Waals surface area contributed by atoms with Crippen LogP contribution in [0.4, 0.5) is 0 Å². The molecule has 0 bridgehead atoms. The van der Waals surface area contributed by atoms with Gasteiger partial charge in [0, 0.05) is 23.9 Å². The maximum atomic E-state index is 10.5. The molecule has 0 spiro atoms. The van der Waals surface area contributed by atoms with Crippen molar-refractivity contribution in [1.82, 2.24) is 0 Å². The summed E-state index contributed by atoms with van der Waals surface area (Å²) in [7, 11) is 0. The van der Waals surface area contributed by atoms with Crippen molar-refractivity contribution in [1.29, 1.82) is 0 Å². The van der Waals surface area contributed by atoms with E-state index in [1.807, 2.05) is 0 Å². The molecule has 0 amide bonds. The number of unbranched alkanes of at least 4 members (excludes halogenated alkanes) is 3. The van der Waals surface area contributed by atoms with E-state index < -0.39 is 11.2 Å². The third kappa shape index (κ3) is 31.7. The molecule has 0 aliphatic carbocycles. The molecule has 0 N–H and O–H groups in total. The molecule has 3 heteroatoms. The van der Waals surface area contributed by atoms with E-state index in [4.69, 9.17) is 0 Å². The van der Waals surface area contributed by atoms with Gasteiger partial charge in [0.05, 0.1) is 0 Å². The topological polar surface area (TPSA) is 40.1 Å². The second-order valence-corrected chi connectivity index (χ2v) is 4.64. The van der Waals surface area contributed by atoms with Crippen LogP contribution in [-0.4, -0.2) is 23.9 Å². The first kappa shape index (κ1) is 29.5. The summed E-state index contributed by atoms with van der Waals surface area (Å²) in [5.74, 6) is -0.458. The van der Waals surface area contributed by atoms with Crippen LogP contribution in [0.1, 0.15) is 80.1 Å². The molecule has 1 aromatic carbocycles. The molecule has 0 fully saturated rings. The zero-order valence-electron chi connectivity index (χ0n) is 15.4. The van der Waals surface area contributed by atoms with E-state index in [0.29, 0.717) is 0 Å². The van der Waals surface area contributed by atoms with Gasteiger partial charge in [-0.1, -0.05) is 110 Å². The average molecular weight is 414 g/mol. The molecular formula is C19H35O2Sn-. The van der Waals surface area contributed by atoms with Crippen molar-refractivity contribution < 1.29 is 5.11 Å². The minimum absolute atomic E-state index is 0. The van der Waals surface area contributed by atoms with Crippen molar-refractivity contribution in [3.8, 4) is 5.75 Å². The molecule has 0 aliphatic rings. The van der Waals surface area contributed by atoms with E-state index in [1.54, 1.807) is 18.2 Å². The minimum Gasteiger partial charge on any atom is -0.870 e. The zero-order valence-corrected chi connectivity index (χ0v) is 18.3. The summed E-state index contributed by atoms with van der Waals surface area (Å²) in [5.41, 5.74) is -0.458. The van der Waals surface area contributed by atoms with Gasteiger partial charge < -0.3 is 5.11 Å². The van der Waals surface area contributed by atoms with Gasteiger partial charge in [0.25, 0.3) is 0 Å². The van der Waals surface area contributed by atoms with Crippen LogP contribution >= 0.6 is 0 Å². The van der Waals surface area contributed by atoms with Gasteiger partial charge in [-0.15, -0.1) is 0 Å². The van der Waals surface area contributed by atoms with Crippen molar-refractivity contribution in [2.75, 3.05) is 0 Å². The van der Waals surface area contributed by atoms with Crippen LogP contribution in [0.25, 0.3) is 0 Å². The number of hydrogen-bond acceptors (Lipinski definition) is 2. The fraction of sp³-hybridized carbons (Fsp3) is 0.632. The van der Waals surface area contributed by atoms with Gasteiger partial charge in [0.1, 0.15) is 0 Å². The summed E-state index contributed by atoms with van der Waals surface area (Å²) in [4.78, 5) is 10.5. The molecule has 0 aromatic heterocycles. The summed E-state index contributed by atoms with van der Waals surface area (Å²) in [6, 6.07) is 7.24. The first-order chi connectivity index (χ1) is 10.0. The maximum absolute atomic E-state index is 10.5. The van der Waals surface area contributed by atoms with E-state index in [1.165, 1.54) is 50.7 Å². The van der Waals surface area contributed by atoms with Crippen LogP contribution < -0.4 is 10.5 Å². The second-order valence-electron chi connectivity index (χ2n) is 4.64. The molecule has 0 saturated heterocycles. The Morgan fingerprint density at radius 1 is 0.682 bits per heavy atom. The van der Waals surface area contributed by atoms with E-state index in [-0.39, 0.29) is 23.9 Å². The minimum atomic E-state index is -0.458. The summed E-state index contributed by atoms with van der Waals surface area (Å²) in [6.45, 7) is 13.1. The fourth-order valence-corrected chi connectivity index (χ4v) is 0.514. The van der Waals surface area contributed by atoms with Gasteiger partial charge in [-0.25, -0.2) is 0 Å². The monoisotopic (exact) mass is 415 g/mol. The molecule has 0 aliphatic heterocycles. The van der Waals surface area contributed by atoms with Crippen LogP contribution in [0.2, 0.25) is 0 Å². The average Bonchev–Trinajstić information content (AvgIpc) is 2.72. The SMILES string of the molecule is CCCC.CCCC.CCCC.O=c1cccccc1[O-].[Sn]. The first-order valence-electron chi connectivity index (χ1n) is 8.31. The van der Waals surface area contributed by atoms with Gasteiger partial charge in [-0.05, 0) is 6.07 Å². The summed E-state index contributed by atoms with van der Waals surface area (Å²) in [6.07, 6.45) is 7.92. The third-order valence-corrected chi connectivity index (χ3v) is 2.46. The van der Waals surface area contributed by atoms with Crippen molar-refractivity contribution in [3.05, 3.63) is 40.6 Å². The van der Waals surface area contributed by atoms with Gasteiger partial charge in [0.15, 0.2) is 5.43 Å². The Kier molecular flexibility index (Phi) is 38.4. The van der Waals surface area contributed by atoms with Crippen molar-refractivity contribution >= 4 is 23.9 Å². The molecule has 1 aromatic rings. The van der Waals surface area contributed by atoms with Crippen LogP contribution in [0.5, 0.6) is 5.75 Å². The van der Waals surface area contributed by atoms with Crippen molar-refractivity contribution in [3.63, 3.8) is 0 Å². The fourth-order valence-electron chi connectivity index (χ4n) is 0.514. The Bertz CT molecular complexity index is 325. The molecule has 1 rings (SSSR count). The smallest absolute Gasteiger partial charge is 0.170 e. The van der Waals surface area contributed by atoms with Gasteiger partial charge in [-0.2, -0.15) is 0 Å². The number of rotatable bonds is 3. The Morgan fingerprint density at radius 2 is 1.00 bits per heavy atom. The molecule has 2 nitrogen and oxygen atoms in total. The predicted octanol–water partition coefficient (Wildman–Crippen LogP) is 5.16. The third-order valence-electron chi connectivity index (χ3n) is 2.46. The van der Waals surface area contributed by atoms with E-state index in [9.17, 15) is 9.90 Å². The molecule has 0 atom stereocenters. The Morgan fingerprint density at radius 3 is 1.32 bits per heavy atom. The predicted molar refractivity (Wildman–Crippen MR) is 99.7 cm³/mol. The van der Waals surface area contributed by atoms with Crippen molar-refractivity contribution in [2.45, 2.75) is 80.1 Å². The Labute approximate surface area is 155 Å². The molecule has 4 radical (unpaired) electrons. The van der Waals surface area contributed by atoms with Crippen LogP contribution in [-0.2, 0) is 0 Å². The zero-order chi connectivity index (χ0) is 16.9. The van der Waals surface area contributed by atoms with Gasteiger partial charge >= 0.3 is 0 Å². The Hall–Kier alpha value is -0.511. The van der Waals surface area contributed by atoms with Crippen molar-refractivity contribution in [2.24, 2.45) is 0 Å². The molecule has 0 heterocycles. The number of hydrogen-bond donors (Lipinski definition) is 0. The van der Waals surface area contributed by atoms with Crippen LogP contribution in [0, 0.1) is 0 Å². The van der Waals surface area contributed by atoms with E-state index in [2.05, 4.69) is 41.5 Å². The van der Waals surface area contributed by atoms with Gasteiger partial charge in [-0.3, -0.25) is 4.79 Å². The molecular weight excluding hydrogens is 379 g/mol. The van der Waals surface area contributed by atoms with E-state index in [0.717, 1.165) is 0 Å². The molecule has 0 unspecified atom stereocenters. The molecule has 128 valence electrons. The first-order valence-corrected chi connectivity index (χ1v) is 8.31. The summed E-state index contributed by atoms with van der Waals surface area (Å²) >= 11 is 0. The summed E-state index contributed by atoms with van der Waals surface area (Å²) in [5, 5.41) is 10.5. The standard InChI is InChI=1S/C7H6O2.3C4H10.Sn/c8-6-4-2-1-3-5-7(6)9;3*1-3-4-2;/h1-5H,(H,8,9);3*3-4H2,1-2H3;/p-1. The van der Waals surface area contributed by atoms with Crippen LogP contribution in [0.3, 0.4) is 0 Å². The van der Waals surface area contributed by atoms with Crippen LogP contribution in [0.15, 0.2) is 35.1 Å².